The number of nitrogens with zero attached hydrogens (tertiary/aromatic N) is 3. The molecule has 218 valence electrons. The number of halogens is 4. The summed E-state index contributed by atoms with van der Waals surface area (Å²) >= 11 is 0. The number of alkyl halides is 3. The highest BCUT2D eigenvalue weighted by molar-refractivity contribution is 5.99. The van der Waals surface area contributed by atoms with Crippen LogP contribution in [0, 0.1) is 24.6 Å². The fourth-order valence-corrected chi connectivity index (χ4v) is 6.34. The number of ketones is 1. The molecular weight excluding hydrogens is 526 g/mol. The minimum Gasteiger partial charge on any atom is -0.508 e. The van der Waals surface area contributed by atoms with E-state index >= 15 is 13.2 Å². The third-order valence-corrected chi connectivity index (χ3v) is 8.21. The van der Waals surface area contributed by atoms with Crippen LogP contribution in [0.15, 0.2) is 42.5 Å². The lowest BCUT2D eigenvalue weighted by Gasteiger charge is -2.50. The van der Waals surface area contributed by atoms with Crippen LogP contribution in [-0.4, -0.2) is 90.5 Å². The van der Waals surface area contributed by atoms with Gasteiger partial charge in [0.05, 0.1) is 5.92 Å². The third-order valence-electron chi connectivity index (χ3n) is 8.21. The van der Waals surface area contributed by atoms with Crippen LogP contribution in [0.5, 0.6) is 5.75 Å². The molecule has 0 unspecified atom stereocenters. The first-order valence-electron chi connectivity index (χ1n) is 13.7. The Morgan fingerprint density at radius 2 is 1.75 bits per heavy atom. The van der Waals surface area contributed by atoms with Crippen molar-refractivity contribution in [3.63, 3.8) is 0 Å². The lowest BCUT2D eigenvalue weighted by Crippen LogP contribution is -2.63. The van der Waals surface area contributed by atoms with Crippen molar-refractivity contribution >= 4 is 11.7 Å². The molecule has 0 radical (unpaired) electrons. The summed E-state index contributed by atoms with van der Waals surface area (Å²) in [6.07, 6.45) is -2.98. The van der Waals surface area contributed by atoms with Crippen molar-refractivity contribution in [2.24, 2.45) is 11.8 Å². The van der Waals surface area contributed by atoms with Gasteiger partial charge in [-0.1, -0.05) is 24.3 Å². The molecule has 2 heterocycles. The molecule has 0 aliphatic carbocycles. The van der Waals surface area contributed by atoms with E-state index in [9.17, 15) is 19.1 Å². The van der Waals surface area contributed by atoms with Crippen molar-refractivity contribution in [2.45, 2.75) is 44.3 Å². The number of carbonyl (C=O) groups is 2. The Morgan fingerprint density at radius 3 is 2.38 bits per heavy atom. The second-order valence-electron chi connectivity index (χ2n) is 11.2. The first kappa shape index (κ1) is 30.0. The Balaban J connectivity index is 1.91. The fraction of sp³-hybridized carbons (Fsp3) is 0.533. The molecule has 0 aromatic heterocycles. The summed E-state index contributed by atoms with van der Waals surface area (Å²) in [7, 11) is 3.65. The third kappa shape index (κ3) is 6.33. The van der Waals surface area contributed by atoms with Gasteiger partial charge < -0.3 is 14.9 Å². The van der Waals surface area contributed by atoms with Crippen LogP contribution in [0.2, 0.25) is 0 Å². The number of benzene rings is 2. The van der Waals surface area contributed by atoms with Gasteiger partial charge in [-0.15, -0.1) is 0 Å². The molecule has 4 atom stereocenters. The molecule has 40 heavy (non-hydrogen) atoms. The van der Waals surface area contributed by atoms with Crippen LogP contribution in [0.4, 0.5) is 17.6 Å². The summed E-state index contributed by atoms with van der Waals surface area (Å²) in [5, 5.41) is 10.0. The first-order chi connectivity index (χ1) is 18.9. The van der Waals surface area contributed by atoms with Crippen LogP contribution >= 0.6 is 0 Å². The first-order valence-corrected chi connectivity index (χ1v) is 13.7. The highest BCUT2D eigenvalue weighted by Gasteiger charge is 2.60. The normalized spacial score (nSPS) is 24.1. The summed E-state index contributed by atoms with van der Waals surface area (Å²) in [5.74, 6) is -5.82. The number of carbonyl (C=O) groups excluding carboxylic acids is 2. The maximum Gasteiger partial charge on any atom is 0.404 e. The van der Waals surface area contributed by atoms with E-state index in [1.54, 1.807) is 0 Å². The van der Waals surface area contributed by atoms with E-state index in [1.807, 2.05) is 19.0 Å². The van der Waals surface area contributed by atoms with Crippen LogP contribution in [0.3, 0.4) is 0 Å². The van der Waals surface area contributed by atoms with Gasteiger partial charge in [0.2, 0.25) is 5.91 Å². The Labute approximate surface area is 232 Å². The summed E-state index contributed by atoms with van der Waals surface area (Å²) in [4.78, 5) is 32.7. The monoisotopic (exact) mass is 563 g/mol. The number of phenols is 1. The predicted octanol–water partition coefficient (Wildman–Crippen LogP) is 4.86. The van der Waals surface area contributed by atoms with Crippen LogP contribution in [0.25, 0.3) is 0 Å². The zero-order chi connectivity index (χ0) is 29.2. The maximum absolute atomic E-state index is 15.0. The summed E-state index contributed by atoms with van der Waals surface area (Å²) in [6.45, 7) is 2.48. The SMILES string of the molecule is Cc1c(F)cccc1[C@H]1[C@H](C(=O)N2CCCC2)[C@@H](C(F)(F)F)N(CCCN(C)C)C[C@@H]1C(=O)c1cccc(O)c1. The van der Waals surface area contributed by atoms with Crippen molar-refractivity contribution in [2.75, 3.05) is 46.8 Å². The van der Waals surface area contributed by atoms with E-state index in [0.717, 1.165) is 0 Å². The van der Waals surface area contributed by atoms with Crippen molar-refractivity contribution in [3.8, 4) is 5.75 Å². The van der Waals surface area contributed by atoms with Crippen molar-refractivity contribution in [1.82, 2.24) is 14.7 Å². The highest BCUT2D eigenvalue weighted by atomic mass is 19.4. The Kier molecular flexibility index (Phi) is 9.19. The van der Waals surface area contributed by atoms with Crippen LogP contribution in [-0.2, 0) is 4.79 Å². The number of phenolic OH excluding ortho intramolecular Hbond substituents is 1. The molecule has 2 aliphatic rings. The fourth-order valence-electron chi connectivity index (χ4n) is 6.34. The quantitative estimate of drug-likeness (QED) is 0.367. The summed E-state index contributed by atoms with van der Waals surface area (Å²) < 4.78 is 60.0. The molecule has 0 spiro atoms. The van der Waals surface area contributed by atoms with Gasteiger partial charge in [-0.3, -0.25) is 14.5 Å². The molecule has 0 saturated carbocycles. The lowest BCUT2D eigenvalue weighted by atomic mass is 9.66. The van der Waals surface area contributed by atoms with E-state index in [4.69, 9.17) is 0 Å². The molecule has 0 bridgehead atoms. The number of hydrogen-bond donors (Lipinski definition) is 1. The van der Waals surface area contributed by atoms with Gasteiger partial charge in [0, 0.05) is 43.6 Å². The molecule has 4 rings (SSSR count). The molecule has 2 fully saturated rings. The number of amides is 1. The molecule has 2 saturated heterocycles. The Hall–Kier alpha value is -2.98. The van der Waals surface area contributed by atoms with E-state index in [0.29, 0.717) is 38.9 Å². The van der Waals surface area contributed by atoms with E-state index < -0.39 is 47.5 Å². The second kappa shape index (κ2) is 12.3. The van der Waals surface area contributed by atoms with Gasteiger partial charge in [-0.2, -0.15) is 13.2 Å². The van der Waals surface area contributed by atoms with Gasteiger partial charge in [0.25, 0.3) is 0 Å². The van der Waals surface area contributed by atoms with Crippen molar-refractivity contribution < 1.29 is 32.3 Å². The Bertz CT molecular complexity index is 1210. The number of aromatic hydroxyl groups is 1. The zero-order valence-corrected chi connectivity index (χ0v) is 23.1. The standard InChI is InChI=1S/C30H37F4N3O3/c1-19-22(11-7-12-24(19)31)25-23(27(39)20-9-6-10-21(38)17-20)18-37(16-8-13-35(2)3)28(30(32,33)34)26(25)29(40)36-14-4-5-15-36/h6-7,9-12,17,23,25-26,28,38H,4-5,8,13-16,18H2,1-3H3/t23-,25+,26-,28-/m0/s1. The lowest BCUT2D eigenvalue weighted by molar-refractivity contribution is -0.214. The summed E-state index contributed by atoms with van der Waals surface area (Å²) in [6, 6.07) is 7.71. The van der Waals surface area contributed by atoms with Crippen molar-refractivity contribution in [3.05, 3.63) is 65.0 Å². The van der Waals surface area contributed by atoms with Gasteiger partial charge in [-0.05, 0) is 76.2 Å². The van der Waals surface area contributed by atoms with Crippen LogP contribution < -0.4 is 0 Å². The smallest absolute Gasteiger partial charge is 0.404 e. The van der Waals surface area contributed by atoms with Gasteiger partial charge in [0.15, 0.2) is 5.78 Å². The van der Waals surface area contributed by atoms with E-state index in [1.165, 1.54) is 59.2 Å². The molecule has 2 aromatic carbocycles. The second-order valence-corrected chi connectivity index (χ2v) is 11.2. The van der Waals surface area contributed by atoms with Gasteiger partial charge >= 0.3 is 6.18 Å². The molecule has 2 aliphatic heterocycles. The minimum atomic E-state index is -4.77. The van der Waals surface area contributed by atoms with Gasteiger partial charge in [-0.25, -0.2) is 4.39 Å². The number of hydrogen-bond acceptors (Lipinski definition) is 5. The van der Waals surface area contributed by atoms with Crippen LogP contribution in [0.1, 0.15) is 46.7 Å². The molecule has 2 aromatic rings. The Morgan fingerprint density at radius 1 is 1.07 bits per heavy atom. The average Bonchev–Trinajstić information content (AvgIpc) is 3.43. The largest absolute Gasteiger partial charge is 0.508 e. The highest BCUT2D eigenvalue weighted by Crippen LogP contribution is 2.49. The molecule has 6 nitrogen and oxygen atoms in total. The molecular formula is C30H37F4N3O3. The summed E-state index contributed by atoms with van der Waals surface area (Å²) in [5.41, 5.74) is 0.496. The van der Waals surface area contributed by atoms with E-state index in [2.05, 4.69) is 0 Å². The topological polar surface area (TPSA) is 64.1 Å². The number of piperidine rings is 1. The zero-order valence-electron chi connectivity index (χ0n) is 23.1. The predicted molar refractivity (Wildman–Crippen MR) is 144 cm³/mol. The number of rotatable bonds is 8. The van der Waals surface area contributed by atoms with E-state index in [-0.39, 0.29) is 35.5 Å². The molecule has 1 amide bonds. The number of likely N-dealkylation sites (tertiary alicyclic amines) is 2. The molecule has 10 heteroatoms. The van der Waals surface area contributed by atoms with Gasteiger partial charge in [0.1, 0.15) is 17.6 Å². The minimum absolute atomic E-state index is 0.0325. The maximum atomic E-state index is 15.0. The molecule has 1 N–H and O–H groups in total. The van der Waals surface area contributed by atoms with Crippen molar-refractivity contribution in [1.29, 1.82) is 0 Å². The average molecular weight is 564 g/mol. The number of Topliss-reactive ketones (excluding diaryl/α,β-unsaturated/α-hetero) is 1.